The van der Waals surface area contributed by atoms with E-state index >= 15 is 0 Å². The molecule has 0 radical (unpaired) electrons. The lowest BCUT2D eigenvalue weighted by atomic mass is 9.99. The van der Waals surface area contributed by atoms with E-state index in [-0.39, 0.29) is 24.8 Å². The molecule has 1 saturated heterocycles. The highest BCUT2D eigenvalue weighted by molar-refractivity contribution is 7.89. The van der Waals surface area contributed by atoms with Crippen LogP contribution in [0.3, 0.4) is 0 Å². The van der Waals surface area contributed by atoms with Crippen LogP contribution in [-0.4, -0.2) is 58.4 Å². The second-order valence-electron chi connectivity index (χ2n) is 8.96. The van der Waals surface area contributed by atoms with Crippen molar-refractivity contribution in [2.45, 2.75) is 55.8 Å². The molecule has 1 N–H and O–H groups in total. The molecule has 0 saturated carbocycles. The van der Waals surface area contributed by atoms with Crippen molar-refractivity contribution < 1.29 is 17.7 Å². The zero-order valence-electron chi connectivity index (χ0n) is 19.4. The summed E-state index contributed by atoms with van der Waals surface area (Å²) in [5, 5.41) is 6.92. The number of aryl methyl sites for hydroxylation is 2. The number of hydrogen-bond donors (Lipinski definition) is 1. The predicted molar refractivity (Wildman–Crippen MR) is 127 cm³/mol. The van der Waals surface area contributed by atoms with Crippen LogP contribution in [0.25, 0.3) is 11.5 Å². The van der Waals surface area contributed by atoms with Crippen LogP contribution < -0.4 is 5.32 Å². The average Bonchev–Trinajstić information content (AvgIpc) is 3.54. The summed E-state index contributed by atoms with van der Waals surface area (Å²) < 4.78 is 33.9. The number of amides is 1. The molecule has 3 heterocycles. The van der Waals surface area contributed by atoms with Gasteiger partial charge in [-0.1, -0.05) is 11.2 Å². The molecular weight excluding hydrogens is 468 g/mol. The van der Waals surface area contributed by atoms with Crippen LogP contribution >= 0.6 is 0 Å². The summed E-state index contributed by atoms with van der Waals surface area (Å²) in [5.74, 6) is 0.515. The molecule has 11 heteroatoms. The van der Waals surface area contributed by atoms with Crippen LogP contribution in [-0.2, 0) is 27.7 Å². The third kappa shape index (κ3) is 5.25. The monoisotopic (exact) mass is 496 g/mol. The Morgan fingerprint density at radius 3 is 2.77 bits per heavy atom. The van der Waals surface area contributed by atoms with Crippen molar-refractivity contribution in [3.63, 3.8) is 0 Å². The van der Waals surface area contributed by atoms with Gasteiger partial charge in [-0.05, 0) is 61.8 Å². The molecule has 1 aliphatic heterocycles. The number of aromatic nitrogens is 4. The molecule has 1 aliphatic carbocycles. The van der Waals surface area contributed by atoms with E-state index in [9.17, 15) is 13.2 Å². The zero-order valence-corrected chi connectivity index (χ0v) is 20.2. The fourth-order valence-corrected chi connectivity index (χ4v) is 6.27. The lowest BCUT2D eigenvalue weighted by Gasteiger charge is -2.22. The van der Waals surface area contributed by atoms with Gasteiger partial charge in [0.25, 0.3) is 0 Å². The summed E-state index contributed by atoms with van der Waals surface area (Å²) >= 11 is 0. The van der Waals surface area contributed by atoms with Gasteiger partial charge in [0.2, 0.25) is 27.6 Å². The summed E-state index contributed by atoms with van der Waals surface area (Å²) in [7, 11) is -3.71. The Bertz CT molecular complexity index is 1290. The molecule has 35 heavy (non-hydrogen) atoms. The van der Waals surface area contributed by atoms with Gasteiger partial charge >= 0.3 is 0 Å². The summed E-state index contributed by atoms with van der Waals surface area (Å²) in [6.07, 6.45) is 9.63. The number of benzene rings is 1. The van der Waals surface area contributed by atoms with Crippen LogP contribution in [0.2, 0.25) is 0 Å². The van der Waals surface area contributed by atoms with Gasteiger partial charge in [0, 0.05) is 44.4 Å². The highest BCUT2D eigenvalue weighted by atomic mass is 32.2. The van der Waals surface area contributed by atoms with Gasteiger partial charge in [-0.25, -0.2) is 13.4 Å². The van der Waals surface area contributed by atoms with Crippen molar-refractivity contribution in [2.75, 3.05) is 19.6 Å². The number of nitrogens with zero attached hydrogens (tertiary/aromatic N) is 5. The lowest BCUT2D eigenvalue weighted by molar-refractivity contribution is -0.121. The molecule has 1 unspecified atom stereocenters. The number of fused-ring (bicyclic) bond motifs is 1. The maximum atomic E-state index is 13.5. The smallest absolute Gasteiger partial charge is 0.243 e. The molecule has 2 aromatic heterocycles. The quantitative estimate of drug-likeness (QED) is 0.583. The second kappa shape index (κ2) is 10.2. The minimum Gasteiger partial charge on any atom is -0.356 e. The van der Waals surface area contributed by atoms with E-state index in [0.717, 1.165) is 24.8 Å². The molecule has 3 aromatic rings. The molecule has 10 nitrogen and oxygen atoms in total. The topological polar surface area (TPSA) is 131 Å². The van der Waals surface area contributed by atoms with E-state index in [1.54, 1.807) is 30.7 Å². The first-order valence-corrected chi connectivity index (χ1v) is 13.4. The highest BCUT2D eigenvalue weighted by Crippen LogP contribution is 2.29. The number of hydrogen-bond acceptors (Lipinski definition) is 8. The Kier molecular flexibility index (Phi) is 6.87. The van der Waals surface area contributed by atoms with E-state index < -0.39 is 10.0 Å². The summed E-state index contributed by atoms with van der Waals surface area (Å²) in [6.45, 7) is 0.908. The SMILES string of the molecule is O=C1CCN(S(=O)(=O)c2ccc3c(c2)CCC3)CCCC(c2nc(-c3cnccn3)no2)CCN1. The van der Waals surface area contributed by atoms with Crippen LogP contribution in [0, 0.1) is 0 Å². The summed E-state index contributed by atoms with van der Waals surface area (Å²) in [5.41, 5.74) is 2.85. The number of carbonyl (C=O) groups excluding carboxylic acids is 1. The fourth-order valence-electron chi connectivity index (χ4n) is 4.74. The van der Waals surface area contributed by atoms with E-state index in [2.05, 4.69) is 25.4 Å². The Labute approximate surface area is 204 Å². The summed E-state index contributed by atoms with van der Waals surface area (Å²) in [4.78, 5) is 25.4. The minimum absolute atomic E-state index is 0.115. The number of sulfonamides is 1. The average molecular weight is 497 g/mol. The molecule has 184 valence electrons. The molecule has 1 aromatic carbocycles. The highest BCUT2D eigenvalue weighted by Gasteiger charge is 2.28. The molecule has 0 spiro atoms. The van der Waals surface area contributed by atoms with Crippen molar-refractivity contribution in [3.05, 3.63) is 53.8 Å². The largest absolute Gasteiger partial charge is 0.356 e. The standard InChI is InChI=1S/C24H28N6O4S/c31-22-9-14-30(35(32,33)20-7-6-17-3-1-4-19(17)15-20)13-2-5-18(8-10-27-22)24-28-23(29-34-24)21-16-25-11-12-26-21/h6-7,11-12,15-16,18H,1-5,8-10,13-14H2,(H,27,31). The van der Waals surface area contributed by atoms with Gasteiger partial charge in [-0.3, -0.25) is 9.78 Å². The molecular formula is C24H28N6O4S. The fraction of sp³-hybridized carbons (Fsp3) is 0.458. The Balaban J connectivity index is 1.34. The first-order valence-electron chi connectivity index (χ1n) is 12.0. The minimum atomic E-state index is -3.71. The van der Waals surface area contributed by atoms with Gasteiger partial charge in [0.15, 0.2) is 0 Å². The van der Waals surface area contributed by atoms with Gasteiger partial charge in [-0.2, -0.15) is 9.29 Å². The Morgan fingerprint density at radius 2 is 1.91 bits per heavy atom. The second-order valence-corrected chi connectivity index (χ2v) is 10.9. The van der Waals surface area contributed by atoms with E-state index in [1.165, 1.54) is 9.87 Å². The van der Waals surface area contributed by atoms with Gasteiger partial charge < -0.3 is 9.84 Å². The molecule has 0 bridgehead atoms. The molecule has 1 amide bonds. The third-order valence-corrected chi connectivity index (χ3v) is 8.55. The van der Waals surface area contributed by atoms with Gasteiger partial charge in [-0.15, -0.1) is 0 Å². The Morgan fingerprint density at radius 1 is 1.03 bits per heavy atom. The normalized spacial score (nSPS) is 20.1. The predicted octanol–water partition coefficient (Wildman–Crippen LogP) is 2.48. The van der Waals surface area contributed by atoms with Crippen molar-refractivity contribution in [1.82, 2.24) is 29.7 Å². The number of carbonyl (C=O) groups is 1. The van der Waals surface area contributed by atoms with Crippen molar-refractivity contribution >= 4 is 15.9 Å². The van der Waals surface area contributed by atoms with Crippen LogP contribution in [0.15, 0.2) is 46.2 Å². The molecule has 5 rings (SSSR count). The van der Waals surface area contributed by atoms with Crippen molar-refractivity contribution in [1.29, 1.82) is 0 Å². The molecule has 1 fully saturated rings. The summed E-state index contributed by atoms with van der Waals surface area (Å²) in [6, 6.07) is 5.42. The first-order chi connectivity index (χ1) is 17.0. The van der Waals surface area contributed by atoms with E-state index in [1.807, 2.05) is 6.07 Å². The molecule has 2 aliphatic rings. The van der Waals surface area contributed by atoms with Gasteiger partial charge in [0.05, 0.1) is 11.1 Å². The maximum absolute atomic E-state index is 13.5. The van der Waals surface area contributed by atoms with Crippen molar-refractivity contribution in [2.24, 2.45) is 0 Å². The maximum Gasteiger partial charge on any atom is 0.243 e. The van der Waals surface area contributed by atoms with E-state index in [0.29, 0.717) is 54.7 Å². The lowest BCUT2D eigenvalue weighted by Crippen LogP contribution is -2.35. The number of nitrogens with one attached hydrogen (secondary N) is 1. The van der Waals surface area contributed by atoms with Gasteiger partial charge in [0.1, 0.15) is 5.69 Å². The van der Waals surface area contributed by atoms with E-state index in [4.69, 9.17) is 4.52 Å². The molecule has 1 atom stereocenters. The van der Waals surface area contributed by atoms with Crippen LogP contribution in [0.5, 0.6) is 0 Å². The first kappa shape index (κ1) is 23.6. The van der Waals surface area contributed by atoms with Crippen molar-refractivity contribution in [3.8, 4) is 11.5 Å². The Hall–Kier alpha value is -3.18. The van der Waals surface area contributed by atoms with Crippen LogP contribution in [0.1, 0.15) is 55.0 Å². The zero-order chi connectivity index (χ0) is 24.3. The third-order valence-electron chi connectivity index (χ3n) is 6.65. The van der Waals surface area contributed by atoms with Crippen LogP contribution in [0.4, 0.5) is 0 Å². The number of rotatable bonds is 4.